The summed E-state index contributed by atoms with van der Waals surface area (Å²) in [5.74, 6) is -1.05. The molecule has 0 heterocycles. The van der Waals surface area contributed by atoms with Crippen LogP contribution in [0.1, 0.15) is 16.8 Å². The van der Waals surface area contributed by atoms with Crippen LogP contribution in [0.15, 0.2) is 12.1 Å². The van der Waals surface area contributed by atoms with Crippen LogP contribution in [0, 0.1) is 5.82 Å². The molecule has 0 radical (unpaired) electrons. The highest BCUT2D eigenvalue weighted by molar-refractivity contribution is 6.34. The van der Waals surface area contributed by atoms with Crippen molar-refractivity contribution in [2.75, 3.05) is 13.7 Å². The molecule has 0 unspecified atom stereocenters. The van der Waals surface area contributed by atoms with Gasteiger partial charge in [-0.05, 0) is 18.7 Å². The summed E-state index contributed by atoms with van der Waals surface area (Å²) in [5.41, 5.74) is 5.31. The first-order valence-electron chi connectivity index (χ1n) is 4.37. The van der Waals surface area contributed by atoms with Crippen molar-refractivity contribution < 1.29 is 13.9 Å². The first kappa shape index (κ1) is 11.9. The number of hydrogen-bond donors (Lipinski definition) is 1. The summed E-state index contributed by atoms with van der Waals surface area (Å²) < 4.78 is 18.1. The molecule has 0 saturated heterocycles. The number of hydrogen-bond acceptors (Lipinski definition) is 3. The van der Waals surface area contributed by atoms with Crippen LogP contribution in [-0.2, 0) is 0 Å². The van der Waals surface area contributed by atoms with E-state index in [0.29, 0.717) is 0 Å². The maximum absolute atomic E-state index is 13.3. The van der Waals surface area contributed by atoms with E-state index in [-0.39, 0.29) is 35.1 Å². The molecule has 0 aromatic heterocycles. The van der Waals surface area contributed by atoms with Crippen LogP contribution in [0.2, 0.25) is 5.02 Å². The molecule has 2 N–H and O–H groups in total. The van der Waals surface area contributed by atoms with Gasteiger partial charge in [0.1, 0.15) is 0 Å². The van der Waals surface area contributed by atoms with Gasteiger partial charge in [-0.25, -0.2) is 4.39 Å². The van der Waals surface area contributed by atoms with Crippen LogP contribution >= 0.6 is 11.6 Å². The zero-order valence-corrected chi connectivity index (χ0v) is 8.97. The Bertz CT molecular complexity index is 382. The molecule has 0 fully saturated rings. The van der Waals surface area contributed by atoms with Gasteiger partial charge in [-0.15, -0.1) is 0 Å². The van der Waals surface area contributed by atoms with Gasteiger partial charge in [0.05, 0.1) is 17.7 Å². The summed E-state index contributed by atoms with van der Waals surface area (Å²) in [6.45, 7) is 0.189. The topological polar surface area (TPSA) is 52.3 Å². The number of methoxy groups -OCH3 is 1. The lowest BCUT2D eigenvalue weighted by Crippen LogP contribution is -2.10. The highest BCUT2D eigenvalue weighted by Gasteiger charge is 2.19. The Hall–Kier alpha value is -1.13. The van der Waals surface area contributed by atoms with Crippen molar-refractivity contribution in [3.05, 3.63) is 28.5 Å². The average Bonchev–Trinajstić information content (AvgIpc) is 2.21. The number of rotatable bonds is 4. The molecule has 1 rings (SSSR count). The van der Waals surface area contributed by atoms with Crippen molar-refractivity contribution in [1.82, 2.24) is 0 Å². The first-order chi connectivity index (χ1) is 7.11. The van der Waals surface area contributed by atoms with Gasteiger partial charge in [0.15, 0.2) is 17.3 Å². The quantitative estimate of drug-likeness (QED) is 0.807. The van der Waals surface area contributed by atoms with Gasteiger partial charge in [0.2, 0.25) is 0 Å². The minimum Gasteiger partial charge on any atom is -0.493 e. The van der Waals surface area contributed by atoms with E-state index in [2.05, 4.69) is 0 Å². The molecular formula is C10H11ClFNO2. The number of benzene rings is 1. The summed E-state index contributed by atoms with van der Waals surface area (Å²) in [6.07, 6.45) is 0.111. The summed E-state index contributed by atoms with van der Waals surface area (Å²) in [6, 6.07) is 2.48. The van der Waals surface area contributed by atoms with Crippen molar-refractivity contribution >= 4 is 17.4 Å². The Morgan fingerprint density at radius 2 is 2.27 bits per heavy atom. The van der Waals surface area contributed by atoms with Crippen LogP contribution in [0.5, 0.6) is 5.75 Å². The highest BCUT2D eigenvalue weighted by Crippen LogP contribution is 2.30. The minimum absolute atomic E-state index is 0.0598. The highest BCUT2D eigenvalue weighted by atomic mass is 35.5. The van der Waals surface area contributed by atoms with Gasteiger partial charge < -0.3 is 10.5 Å². The number of carbonyl (C=O) groups excluding carboxylic acids is 1. The predicted octanol–water partition coefficient (Wildman–Crippen LogP) is 2.02. The Kier molecular flexibility index (Phi) is 4.05. The second kappa shape index (κ2) is 5.09. The molecular weight excluding hydrogens is 221 g/mol. The minimum atomic E-state index is -0.609. The predicted molar refractivity (Wildman–Crippen MR) is 56.0 cm³/mol. The molecule has 1 aromatic rings. The molecule has 0 aliphatic rings. The van der Waals surface area contributed by atoms with Crippen LogP contribution in [0.25, 0.3) is 0 Å². The Morgan fingerprint density at radius 1 is 1.60 bits per heavy atom. The van der Waals surface area contributed by atoms with E-state index in [0.717, 1.165) is 6.07 Å². The molecule has 0 spiro atoms. The fraction of sp³-hybridized carbons (Fsp3) is 0.300. The van der Waals surface area contributed by atoms with Crippen LogP contribution in [-0.4, -0.2) is 19.4 Å². The van der Waals surface area contributed by atoms with Crippen molar-refractivity contribution in [3.63, 3.8) is 0 Å². The van der Waals surface area contributed by atoms with Crippen LogP contribution in [0.4, 0.5) is 4.39 Å². The van der Waals surface area contributed by atoms with E-state index in [1.807, 2.05) is 0 Å². The molecule has 0 atom stereocenters. The van der Waals surface area contributed by atoms with E-state index >= 15 is 0 Å². The average molecular weight is 232 g/mol. The van der Waals surface area contributed by atoms with E-state index < -0.39 is 5.82 Å². The zero-order valence-electron chi connectivity index (χ0n) is 8.22. The molecule has 5 heteroatoms. The maximum atomic E-state index is 13.3. The number of ketones is 1. The van der Waals surface area contributed by atoms with Gasteiger partial charge in [0, 0.05) is 6.42 Å². The molecule has 3 nitrogen and oxygen atoms in total. The molecule has 0 aliphatic carbocycles. The van der Waals surface area contributed by atoms with E-state index in [1.165, 1.54) is 13.2 Å². The Morgan fingerprint density at radius 3 is 2.80 bits per heavy atom. The third-order valence-corrected chi connectivity index (χ3v) is 2.23. The third kappa shape index (κ3) is 2.46. The lowest BCUT2D eigenvalue weighted by atomic mass is 10.1. The van der Waals surface area contributed by atoms with Crippen molar-refractivity contribution in [1.29, 1.82) is 0 Å². The largest absolute Gasteiger partial charge is 0.493 e. The molecule has 15 heavy (non-hydrogen) atoms. The monoisotopic (exact) mass is 231 g/mol. The third-order valence-electron chi connectivity index (χ3n) is 1.91. The molecule has 1 aromatic carbocycles. The summed E-state index contributed by atoms with van der Waals surface area (Å²) in [4.78, 5) is 11.6. The summed E-state index contributed by atoms with van der Waals surface area (Å²) in [7, 11) is 1.29. The second-order valence-electron chi connectivity index (χ2n) is 2.90. The molecule has 0 bridgehead atoms. The lowest BCUT2D eigenvalue weighted by molar-refractivity contribution is 0.0982. The molecule has 0 saturated carbocycles. The second-order valence-corrected chi connectivity index (χ2v) is 3.31. The van der Waals surface area contributed by atoms with Crippen molar-refractivity contribution in [2.24, 2.45) is 5.73 Å². The molecule has 0 amide bonds. The number of ether oxygens (including phenoxy) is 1. The van der Waals surface area contributed by atoms with Gasteiger partial charge in [-0.3, -0.25) is 4.79 Å². The van der Waals surface area contributed by atoms with Crippen LogP contribution < -0.4 is 10.5 Å². The van der Waals surface area contributed by atoms with Gasteiger partial charge >= 0.3 is 0 Å². The van der Waals surface area contributed by atoms with Gasteiger partial charge in [-0.1, -0.05) is 11.6 Å². The maximum Gasteiger partial charge on any atom is 0.169 e. The number of Topliss-reactive ketones (excluding diaryl/α,β-unsaturated/α-hetero) is 1. The zero-order chi connectivity index (χ0) is 11.4. The van der Waals surface area contributed by atoms with E-state index in [4.69, 9.17) is 22.1 Å². The smallest absolute Gasteiger partial charge is 0.169 e. The standard InChI is InChI=1S/C10H11ClFNO2/c1-15-10-7(12)3-2-6(11)9(10)8(14)4-5-13/h2-3H,4-5,13H2,1H3. The summed E-state index contributed by atoms with van der Waals surface area (Å²) in [5, 5.41) is 0.173. The first-order valence-corrected chi connectivity index (χ1v) is 4.74. The molecule has 82 valence electrons. The van der Waals surface area contributed by atoms with Crippen molar-refractivity contribution in [3.8, 4) is 5.75 Å². The van der Waals surface area contributed by atoms with E-state index in [1.54, 1.807) is 0 Å². The lowest BCUT2D eigenvalue weighted by Gasteiger charge is -2.09. The fourth-order valence-corrected chi connectivity index (χ4v) is 1.50. The van der Waals surface area contributed by atoms with Crippen LogP contribution in [0.3, 0.4) is 0 Å². The summed E-state index contributed by atoms with van der Waals surface area (Å²) >= 11 is 5.80. The SMILES string of the molecule is COc1c(F)ccc(Cl)c1C(=O)CCN. The molecule has 0 aliphatic heterocycles. The van der Waals surface area contributed by atoms with Gasteiger partial charge in [-0.2, -0.15) is 0 Å². The number of carbonyl (C=O) groups is 1. The normalized spacial score (nSPS) is 10.1. The van der Waals surface area contributed by atoms with Gasteiger partial charge in [0.25, 0.3) is 0 Å². The van der Waals surface area contributed by atoms with Crippen molar-refractivity contribution in [2.45, 2.75) is 6.42 Å². The Balaban J connectivity index is 3.24. The van der Waals surface area contributed by atoms with E-state index in [9.17, 15) is 9.18 Å². The number of halogens is 2. The Labute approximate surface area is 92.0 Å². The fourth-order valence-electron chi connectivity index (χ4n) is 1.25. The number of nitrogens with two attached hydrogens (primary N) is 1.